The Morgan fingerprint density at radius 1 is 0.774 bits per heavy atom. The monoisotopic (exact) mass is 414 g/mol. The second kappa shape index (κ2) is 8.36. The number of nitrogens with zero attached hydrogens (tertiary/aromatic N) is 2. The second-order valence-electron chi connectivity index (χ2n) is 6.97. The van der Waals surface area contributed by atoms with Crippen LogP contribution >= 0.6 is 0 Å². The van der Waals surface area contributed by atoms with Crippen LogP contribution < -0.4 is 19.3 Å². The van der Waals surface area contributed by atoms with Crippen LogP contribution in [0.3, 0.4) is 0 Å². The maximum atomic E-state index is 13.7. The van der Waals surface area contributed by atoms with Crippen LogP contribution in [0, 0.1) is 0 Å². The van der Waals surface area contributed by atoms with E-state index in [2.05, 4.69) is 0 Å². The molecule has 2 amide bonds. The van der Waals surface area contributed by atoms with E-state index in [4.69, 9.17) is 9.47 Å². The minimum atomic E-state index is -0.416. The number of carbonyl (C=O) groups is 2. The van der Waals surface area contributed by atoms with E-state index >= 15 is 0 Å². The molecule has 3 aromatic rings. The molecule has 0 N–H and O–H groups in total. The fourth-order valence-corrected chi connectivity index (χ4v) is 3.69. The summed E-state index contributed by atoms with van der Waals surface area (Å²) < 4.78 is 10.8. The van der Waals surface area contributed by atoms with Crippen molar-refractivity contribution in [3.63, 3.8) is 0 Å². The van der Waals surface area contributed by atoms with Gasteiger partial charge in [-0.1, -0.05) is 42.5 Å². The number of methoxy groups -OCH3 is 2. The van der Waals surface area contributed by atoms with Gasteiger partial charge in [-0.25, -0.2) is 4.90 Å². The summed E-state index contributed by atoms with van der Waals surface area (Å²) in [5.74, 6) is 0.248. The Bertz CT molecular complexity index is 1170. The van der Waals surface area contributed by atoms with Crippen molar-refractivity contribution in [1.29, 1.82) is 0 Å². The quantitative estimate of drug-likeness (QED) is 0.568. The SMILES string of the molecule is COc1cccc(N2C(=O)C(c3ccccc3OC)=C(N(C)c3ccccc3)C2=O)c1. The average molecular weight is 414 g/mol. The molecule has 0 saturated heterocycles. The molecule has 6 nitrogen and oxygen atoms in total. The van der Waals surface area contributed by atoms with Crippen LogP contribution in [0.2, 0.25) is 0 Å². The Morgan fingerprint density at radius 2 is 1.48 bits per heavy atom. The van der Waals surface area contributed by atoms with Crippen LogP contribution in [-0.4, -0.2) is 33.1 Å². The summed E-state index contributed by atoms with van der Waals surface area (Å²) in [6.45, 7) is 0. The van der Waals surface area contributed by atoms with Gasteiger partial charge in [0.05, 0.1) is 25.5 Å². The van der Waals surface area contributed by atoms with Crippen molar-refractivity contribution in [2.75, 3.05) is 31.1 Å². The van der Waals surface area contributed by atoms with E-state index in [1.165, 1.54) is 4.90 Å². The Kier molecular flexibility index (Phi) is 5.45. The zero-order chi connectivity index (χ0) is 22.0. The number of benzene rings is 3. The summed E-state index contributed by atoms with van der Waals surface area (Å²) in [5.41, 5.74) is 2.36. The van der Waals surface area contributed by atoms with Gasteiger partial charge < -0.3 is 14.4 Å². The number of amides is 2. The van der Waals surface area contributed by atoms with Crippen LogP contribution in [0.1, 0.15) is 5.56 Å². The highest BCUT2D eigenvalue weighted by Gasteiger charge is 2.43. The average Bonchev–Trinajstić information content (AvgIpc) is 3.08. The first-order valence-electron chi connectivity index (χ1n) is 9.76. The van der Waals surface area contributed by atoms with Crippen LogP contribution in [0.15, 0.2) is 84.6 Å². The normalized spacial score (nSPS) is 13.6. The number of anilines is 2. The fourth-order valence-electron chi connectivity index (χ4n) is 3.69. The minimum Gasteiger partial charge on any atom is -0.497 e. The van der Waals surface area contributed by atoms with Gasteiger partial charge in [-0.05, 0) is 30.3 Å². The summed E-state index contributed by atoms with van der Waals surface area (Å²) >= 11 is 0. The predicted molar refractivity (Wildman–Crippen MR) is 120 cm³/mol. The van der Waals surface area contributed by atoms with Gasteiger partial charge in [0.15, 0.2) is 0 Å². The molecule has 0 saturated carbocycles. The second-order valence-corrected chi connectivity index (χ2v) is 6.97. The summed E-state index contributed by atoms with van der Waals surface area (Å²) in [6, 6.07) is 23.5. The lowest BCUT2D eigenvalue weighted by Crippen LogP contribution is -2.34. The molecule has 4 rings (SSSR count). The predicted octanol–water partition coefficient (Wildman–Crippen LogP) is 4.12. The standard InChI is InChI=1S/C25H22N2O4/c1-26(17-10-5-4-6-11-17)23-22(20-14-7-8-15-21(20)31-3)24(28)27(25(23)29)18-12-9-13-19(16-18)30-2/h4-16H,1-3H3. The number of imide groups is 1. The van der Waals surface area contributed by atoms with Crippen molar-refractivity contribution in [2.45, 2.75) is 0 Å². The lowest BCUT2D eigenvalue weighted by molar-refractivity contribution is -0.120. The molecule has 0 spiro atoms. The Balaban J connectivity index is 1.91. The smallest absolute Gasteiger partial charge is 0.282 e. The number of ether oxygens (including phenoxy) is 2. The Hall–Kier alpha value is -4.06. The van der Waals surface area contributed by atoms with Gasteiger partial charge >= 0.3 is 0 Å². The molecule has 0 radical (unpaired) electrons. The molecule has 0 fully saturated rings. The Morgan fingerprint density at radius 3 is 2.19 bits per heavy atom. The van der Waals surface area contributed by atoms with E-state index in [-0.39, 0.29) is 11.3 Å². The van der Waals surface area contributed by atoms with E-state index in [9.17, 15) is 9.59 Å². The molecule has 0 aromatic heterocycles. The van der Waals surface area contributed by atoms with Gasteiger partial charge in [0.25, 0.3) is 11.8 Å². The topological polar surface area (TPSA) is 59.1 Å². The van der Waals surface area contributed by atoms with E-state index < -0.39 is 11.8 Å². The van der Waals surface area contributed by atoms with Crippen molar-refractivity contribution in [3.8, 4) is 11.5 Å². The number of para-hydroxylation sites is 2. The first-order valence-corrected chi connectivity index (χ1v) is 9.76. The van der Waals surface area contributed by atoms with Crippen LogP contribution in [0.25, 0.3) is 5.57 Å². The summed E-state index contributed by atoms with van der Waals surface area (Å²) in [4.78, 5) is 30.2. The molecule has 0 aliphatic carbocycles. The van der Waals surface area contributed by atoms with Gasteiger partial charge in [-0.2, -0.15) is 0 Å². The third-order valence-corrected chi connectivity index (χ3v) is 5.23. The van der Waals surface area contributed by atoms with Crippen molar-refractivity contribution in [2.24, 2.45) is 0 Å². The highest BCUT2D eigenvalue weighted by atomic mass is 16.5. The molecule has 1 heterocycles. The zero-order valence-electron chi connectivity index (χ0n) is 17.5. The van der Waals surface area contributed by atoms with Crippen LogP contribution in [0.5, 0.6) is 11.5 Å². The molecule has 0 bridgehead atoms. The summed E-state index contributed by atoms with van der Waals surface area (Å²) in [7, 11) is 4.86. The maximum Gasteiger partial charge on any atom is 0.282 e. The number of hydrogen-bond acceptors (Lipinski definition) is 5. The molecular formula is C25H22N2O4. The number of carbonyl (C=O) groups excluding carboxylic acids is 2. The molecule has 1 aliphatic heterocycles. The van der Waals surface area contributed by atoms with E-state index in [0.717, 1.165) is 5.69 Å². The molecule has 0 unspecified atom stereocenters. The van der Waals surface area contributed by atoms with Crippen molar-refractivity contribution in [1.82, 2.24) is 0 Å². The largest absolute Gasteiger partial charge is 0.497 e. The van der Waals surface area contributed by atoms with Gasteiger partial charge in [0.2, 0.25) is 0 Å². The van der Waals surface area contributed by atoms with Crippen molar-refractivity contribution in [3.05, 3.63) is 90.1 Å². The third kappa shape index (κ3) is 3.53. The number of likely N-dealkylation sites (N-methyl/N-ethyl adjacent to an activating group) is 1. The molecule has 156 valence electrons. The first-order chi connectivity index (χ1) is 15.1. The van der Waals surface area contributed by atoms with Crippen molar-refractivity contribution < 1.29 is 19.1 Å². The summed E-state index contributed by atoms with van der Waals surface area (Å²) in [6.07, 6.45) is 0. The highest BCUT2D eigenvalue weighted by molar-refractivity contribution is 6.46. The first kappa shape index (κ1) is 20.2. The molecule has 31 heavy (non-hydrogen) atoms. The molecular weight excluding hydrogens is 392 g/mol. The van der Waals surface area contributed by atoms with Crippen LogP contribution in [0.4, 0.5) is 11.4 Å². The van der Waals surface area contributed by atoms with Gasteiger partial charge in [-0.15, -0.1) is 0 Å². The van der Waals surface area contributed by atoms with E-state index in [0.29, 0.717) is 22.7 Å². The zero-order valence-corrected chi connectivity index (χ0v) is 17.5. The Labute approximate surface area is 180 Å². The number of hydrogen-bond donors (Lipinski definition) is 0. The molecule has 0 atom stereocenters. The minimum absolute atomic E-state index is 0.281. The molecule has 1 aliphatic rings. The van der Waals surface area contributed by atoms with Gasteiger partial charge in [0, 0.05) is 24.4 Å². The third-order valence-electron chi connectivity index (χ3n) is 5.23. The fraction of sp³-hybridized carbons (Fsp3) is 0.120. The molecule has 3 aromatic carbocycles. The lowest BCUT2D eigenvalue weighted by Gasteiger charge is -2.22. The van der Waals surface area contributed by atoms with E-state index in [1.807, 2.05) is 42.5 Å². The lowest BCUT2D eigenvalue weighted by atomic mass is 10.0. The van der Waals surface area contributed by atoms with Crippen LogP contribution in [-0.2, 0) is 9.59 Å². The van der Waals surface area contributed by atoms with Gasteiger partial charge in [-0.3, -0.25) is 9.59 Å². The van der Waals surface area contributed by atoms with E-state index in [1.54, 1.807) is 62.6 Å². The summed E-state index contributed by atoms with van der Waals surface area (Å²) in [5, 5.41) is 0. The molecule has 6 heteroatoms. The highest BCUT2D eigenvalue weighted by Crippen LogP contribution is 2.39. The number of rotatable bonds is 6. The van der Waals surface area contributed by atoms with Gasteiger partial charge in [0.1, 0.15) is 17.2 Å². The maximum absolute atomic E-state index is 13.7. The van der Waals surface area contributed by atoms with Crippen molar-refractivity contribution >= 4 is 28.8 Å².